The van der Waals surface area contributed by atoms with E-state index in [0.717, 1.165) is 11.1 Å². The molecule has 0 radical (unpaired) electrons. The molecule has 1 atom stereocenters. The van der Waals surface area contributed by atoms with Gasteiger partial charge in [0.05, 0.1) is 19.3 Å². The number of carbonyl (C=O) groups is 2. The number of aliphatic hydroxyl groups excluding tert-OH is 1. The second-order valence-electron chi connectivity index (χ2n) is 7.89. The minimum absolute atomic E-state index is 0.276. The first-order valence-corrected chi connectivity index (χ1v) is 9.92. The molecule has 0 aliphatic carbocycles. The van der Waals surface area contributed by atoms with E-state index in [9.17, 15) is 19.1 Å². The van der Waals surface area contributed by atoms with Crippen LogP contribution in [0.25, 0.3) is 11.1 Å². The molecule has 0 unspecified atom stereocenters. The van der Waals surface area contributed by atoms with Gasteiger partial charge in [0.2, 0.25) is 0 Å². The second kappa shape index (κ2) is 8.08. The van der Waals surface area contributed by atoms with Crippen LogP contribution in [0.15, 0.2) is 48.4 Å². The quantitative estimate of drug-likeness (QED) is 0.485. The van der Waals surface area contributed by atoms with Gasteiger partial charge in [0.25, 0.3) is 5.91 Å². The van der Waals surface area contributed by atoms with Crippen molar-refractivity contribution in [2.24, 2.45) is 0 Å². The molecule has 4 rings (SSSR count). The summed E-state index contributed by atoms with van der Waals surface area (Å²) in [6.07, 6.45) is 3.35. The fraction of sp³-hybridized carbons (Fsp3) is 0.261. The number of aromatic nitrogens is 1. The largest absolute Gasteiger partial charge is 0.482 e. The van der Waals surface area contributed by atoms with Crippen LogP contribution in [0.4, 0.5) is 15.9 Å². The van der Waals surface area contributed by atoms with Gasteiger partial charge in [0.1, 0.15) is 29.0 Å². The Morgan fingerprint density at radius 2 is 2.12 bits per heavy atom. The van der Waals surface area contributed by atoms with E-state index in [1.807, 2.05) is 13.8 Å². The first-order valence-electron chi connectivity index (χ1n) is 9.92. The van der Waals surface area contributed by atoms with Gasteiger partial charge in [-0.25, -0.2) is 14.2 Å². The summed E-state index contributed by atoms with van der Waals surface area (Å²) in [5, 5.41) is 14.9. The highest BCUT2D eigenvalue weighted by molar-refractivity contribution is 6.32. The van der Waals surface area contributed by atoms with Gasteiger partial charge in [-0.05, 0) is 50.3 Å². The standard InChI is InChI=1S/C23H22FN3O5/c1-23(2)15(12-4-7-19(25-10-12)26-17(11-28)22(30)31-3)9-18(32-23)20-14-8-13(24)5-6-16(14)27-21(20)29/h4-10,17,28H,11H2,1-3H3,(H,25,26)(H,27,29)/t17-/m1/s1. The molecule has 9 heteroatoms. The number of aliphatic hydroxyl groups is 1. The van der Waals surface area contributed by atoms with Crippen molar-refractivity contribution in [1.82, 2.24) is 4.98 Å². The van der Waals surface area contributed by atoms with E-state index in [2.05, 4.69) is 20.4 Å². The molecule has 32 heavy (non-hydrogen) atoms. The predicted molar refractivity (Wildman–Crippen MR) is 116 cm³/mol. The van der Waals surface area contributed by atoms with Crippen molar-refractivity contribution < 1.29 is 28.6 Å². The Hall–Kier alpha value is -3.72. The van der Waals surface area contributed by atoms with Crippen LogP contribution in [0.1, 0.15) is 25.0 Å². The maximum absolute atomic E-state index is 13.8. The summed E-state index contributed by atoms with van der Waals surface area (Å²) in [7, 11) is 1.24. The molecule has 1 aromatic heterocycles. The summed E-state index contributed by atoms with van der Waals surface area (Å²) >= 11 is 0. The number of methoxy groups -OCH3 is 1. The number of halogens is 1. The molecule has 1 aromatic carbocycles. The molecule has 0 saturated heterocycles. The zero-order valence-corrected chi connectivity index (χ0v) is 17.7. The molecule has 2 aliphatic heterocycles. The van der Waals surface area contributed by atoms with E-state index in [4.69, 9.17) is 4.74 Å². The lowest BCUT2D eigenvalue weighted by atomic mass is 9.93. The van der Waals surface area contributed by atoms with Crippen LogP contribution in [0.3, 0.4) is 0 Å². The maximum Gasteiger partial charge on any atom is 0.330 e. The molecule has 0 bridgehead atoms. The fourth-order valence-corrected chi connectivity index (χ4v) is 3.74. The predicted octanol–water partition coefficient (Wildman–Crippen LogP) is 2.72. The van der Waals surface area contributed by atoms with Gasteiger partial charge in [-0.1, -0.05) is 0 Å². The van der Waals surface area contributed by atoms with Crippen molar-refractivity contribution in [3.63, 3.8) is 0 Å². The monoisotopic (exact) mass is 439 g/mol. The SMILES string of the molecule is COC(=O)[C@@H](CO)Nc1ccc(C2=CC(=C3C(=O)Nc4ccc(F)cc43)OC2(C)C)cn1. The number of anilines is 2. The molecule has 0 fully saturated rings. The Balaban J connectivity index is 1.67. The topological polar surface area (TPSA) is 110 Å². The fourth-order valence-electron chi connectivity index (χ4n) is 3.74. The molecule has 3 N–H and O–H groups in total. The molecular weight excluding hydrogens is 417 g/mol. The van der Waals surface area contributed by atoms with E-state index in [-0.39, 0.29) is 11.5 Å². The lowest BCUT2D eigenvalue weighted by Crippen LogP contribution is -2.34. The summed E-state index contributed by atoms with van der Waals surface area (Å²) in [4.78, 5) is 28.5. The summed E-state index contributed by atoms with van der Waals surface area (Å²) in [6, 6.07) is 6.63. The molecule has 3 heterocycles. The number of esters is 1. The zero-order valence-electron chi connectivity index (χ0n) is 17.7. The molecule has 166 valence electrons. The van der Waals surface area contributed by atoms with Crippen molar-refractivity contribution >= 4 is 34.5 Å². The van der Waals surface area contributed by atoms with Crippen LogP contribution in [0, 0.1) is 5.82 Å². The van der Waals surface area contributed by atoms with E-state index >= 15 is 0 Å². The van der Waals surface area contributed by atoms with Crippen molar-refractivity contribution in [3.8, 4) is 0 Å². The van der Waals surface area contributed by atoms with E-state index in [1.54, 1.807) is 24.4 Å². The highest BCUT2D eigenvalue weighted by atomic mass is 19.1. The normalized spacial score (nSPS) is 19.5. The molecule has 1 amide bonds. The zero-order chi connectivity index (χ0) is 23.0. The average molecular weight is 439 g/mol. The van der Waals surface area contributed by atoms with E-state index < -0.39 is 30.0 Å². The molecular formula is C23H22FN3O5. The number of carbonyl (C=O) groups excluding carboxylic acids is 2. The van der Waals surface area contributed by atoms with Crippen molar-refractivity contribution in [1.29, 1.82) is 0 Å². The summed E-state index contributed by atoms with van der Waals surface area (Å²) in [5.74, 6) is -0.673. The average Bonchev–Trinajstić information content (AvgIpc) is 3.26. The molecule has 2 aromatic rings. The van der Waals surface area contributed by atoms with Crippen LogP contribution in [0.5, 0.6) is 0 Å². The third-order valence-corrected chi connectivity index (χ3v) is 5.33. The molecule has 8 nitrogen and oxygen atoms in total. The minimum Gasteiger partial charge on any atom is -0.482 e. The first kappa shape index (κ1) is 21.5. The number of ether oxygens (including phenoxy) is 2. The smallest absolute Gasteiger partial charge is 0.330 e. The van der Waals surface area contributed by atoms with Gasteiger partial charge in [-0.2, -0.15) is 0 Å². The van der Waals surface area contributed by atoms with Gasteiger partial charge < -0.3 is 25.2 Å². The van der Waals surface area contributed by atoms with Gasteiger partial charge in [0.15, 0.2) is 0 Å². The number of nitrogens with zero attached hydrogens (tertiary/aromatic N) is 1. The minimum atomic E-state index is -0.929. The summed E-state index contributed by atoms with van der Waals surface area (Å²) in [5.41, 5.74) is 2.01. The van der Waals surface area contributed by atoms with Gasteiger partial charge in [-0.15, -0.1) is 0 Å². The lowest BCUT2D eigenvalue weighted by molar-refractivity contribution is -0.142. The summed E-state index contributed by atoms with van der Waals surface area (Å²) < 4.78 is 24.5. The number of nitrogens with one attached hydrogen (secondary N) is 2. The number of hydrogen-bond acceptors (Lipinski definition) is 7. The maximum atomic E-state index is 13.8. The summed E-state index contributed by atoms with van der Waals surface area (Å²) in [6.45, 7) is 3.27. The van der Waals surface area contributed by atoms with Gasteiger partial charge in [0, 0.05) is 28.6 Å². The van der Waals surface area contributed by atoms with Crippen LogP contribution in [-0.2, 0) is 19.1 Å². The Kier molecular flexibility index (Phi) is 5.43. The van der Waals surface area contributed by atoms with Crippen LogP contribution in [-0.4, -0.2) is 47.3 Å². The third-order valence-electron chi connectivity index (χ3n) is 5.33. The van der Waals surface area contributed by atoms with Gasteiger partial charge >= 0.3 is 5.97 Å². The Labute approximate surface area is 183 Å². The number of pyridine rings is 1. The number of benzene rings is 1. The van der Waals surface area contributed by atoms with Crippen LogP contribution in [0.2, 0.25) is 0 Å². The highest BCUT2D eigenvalue weighted by Crippen LogP contribution is 2.44. The number of amides is 1. The first-order chi connectivity index (χ1) is 15.2. The van der Waals surface area contributed by atoms with Gasteiger partial charge in [-0.3, -0.25) is 4.79 Å². The number of allylic oxidation sites excluding steroid dienone is 1. The van der Waals surface area contributed by atoms with Crippen molar-refractivity contribution in [3.05, 3.63) is 65.3 Å². The third kappa shape index (κ3) is 3.82. The second-order valence-corrected chi connectivity index (χ2v) is 7.89. The molecule has 0 saturated carbocycles. The Morgan fingerprint density at radius 3 is 2.78 bits per heavy atom. The van der Waals surface area contributed by atoms with Crippen molar-refractivity contribution in [2.45, 2.75) is 25.5 Å². The molecule has 0 spiro atoms. The molecule has 2 aliphatic rings. The van der Waals surface area contributed by atoms with E-state index in [0.29, 0.717) is 22.8 Å². The number of rotatable bonds is 5. The number of hydrogen-bond donors (Lipinski definition) is 3. The highest BCUT2D eigenvalue weighted by Gasteiger charge is 2.38. The van der Waals surface area contributed by atoms with E-state index in [1.165, 1.54) is 25.3 Å². The Morgan fingerprint density at radius 1 is 1.34 bits per heavy atom. The Bertz CT molecular complexity index is 1150. The van der Waals surface area contributed by atoms with Crippen molar-refractivity contribution in [2.75, 3.05) is 24.4 Å². The number of fused-ring (bicyclic) bond motifs is 1. The lowest BCUT2D eigenvalue weighted by Gasteiger charge is -2.23. The van der Waals surface area contributed by atoms with Crippen LogP contribution < -0.4 is 10.6 Å². The van der Waals surface area contributed by atoms with Crippen LogP contribution >= 0.6 is 0 Å².